The quantitative estimate of drug-likeness (QED) is 0.784. The van der Waals surface area contributed by atoms with Gasteiger partial charge in [-0.25, -0.2) is 0 Å². The number of piperidine rings is 1. The highest BCUT2D eigenvalue weighted by Crippen LogP contribution is 2.31. The zero-order chi connectivity index (χ0) is 14.6. The van der Waals surface area contributed by atoms with E-state index in [1.165, 1.54) is 6.20 Å². The highest BCUT2D eigenvalue weighted by Gasteiger charge is 2.32. The maximum absolute atomic E-state index is 12.7. The third kappa shape index (κ3) is 3.91. The van der Waals surface area contributed by atoms with Crippen molar-refractivity contribution in [3.05, 3.63) is 29.6 Å². The van der Waals surface area contributed by atoms with Crippen LogP contribution >= 0.6 is 0 Å². The summed E-state index contributed by atoms with van der Waals surface area (Å²) < 4.78 is 38.1. The van der Waals surface area contributed by atoms with Crippen LogP contribution in [0.1, 0.15) is 30.1 Å². The predicted molar refractivity (Wildman–Crippen MR) is 70.1 cm³/mol. The molecule has 1 aromatic rings. The van der Waals surface area contributed by atoms with Gasteiger partial charge in [-0.05, 0) is 31.5 Å². The summed E-state index contributed by atoms with van der Waals surface area (Å²) in [6.07, 6.45) is -1.45. The van der Waals surface area contributed by atoms with Crippen molar-refractivity contribution >= 4 is 0 Å². The second-order valence-electron chi connectivity index (χ2n) is 4.94. The van der Waals surface area contributed by atoms with E-state index in [0.717, 1.165) is 25.1 Å². The van der Waals surface area contributed by atoms with Gasteiger partial charge >= 0.3 is 6.18 Å². The number of nitrogens with one attached hydrogen (secondary N) is 2. The van der Waals surface area contributed by atoms with Crippen LogP contribution < -0.4 is 16.4 Å². The maximum atomic E-state index is 12.7. The number of halogens is 3. The molecule has 4 nitrogen and oxygen atoms in total. The highest BCUT2D eigenvalue weighted by atomic mass is 19.4. The predicted octanol–water partition coefficient (Wildman–Crippen LogP) is 1.44. The zero-order valence-corrected chi connectivity index (χ0v) is 11.1. The van der Waals surface area contributed by atoms with Crippen LogP contribution in [-0.2, 0) is 6.18 Å². The van der Waals surface area contributed by atoms with E-state index in [4.69, 9.17) is 5.73 Å². The summed E-state index contributed by atoms with van der Waals surface area (Å²) in [6, 6.07) is 2.24. The monoisotopic (exact) mass is 288 g/mol. The van der Waals surface area contributed by atoms with Gasteiger partial charge in [0.2, 0.25) is 0 Å². The lowest BCUT2D eigenvalue weighted by atomic mass is 9.96. The minimum Gasteiger partial charge on any atom is -0.329 e. The van der Waals surface area contributed by atoms with Crippen LogP contribution in [0.3, 0.4) is 0 Å². The van der Waals surface area contributed by atoms with Crippen molar-refractivity contribution < 1.29 is 13.2 Å². The number of aromatic nitrogens is 1. The number of nitrogens with two attached hydrogens (primary N) is 1. The van der Waals surface area contributed by atoms with Gasteiger partial charge in [-0.15, -0.1) is 0 Å². The Balaban J connectivity index is 2.07. The van der Waals surface area contributed by atoms with Gasteiger partial charge in [0.25, 0.3) is 0 Å². The average Bonchev–Trinajstić information content (AvgIpc) is 2.45. The smallest absolute Gasteiger partial charge is 0.329 e. The van der Waals surface area contributed by atoms with Crippen LogP contribution in [0.2, 0.25) is 0 Å². The molecule has 0 amide bonds. The van der Waals surface area contributed by atoms with Gasteiger partial charge in [0.05, 0.1) is 17.3 Å². The number of pyridine rings is 1. The van der Waals surface area contributed by atoms with Crippen molar-refractivity contribution in [2.75, 3.05) is 19.6 Å². The molecule has 0 radical (unpaired) electrons. The molecule has 2 unspecified atom stereocenters. The maximum Gasteiger partial charge on any atom is 0.416 e. The van der Waals surface area contributed by atoms with Gasteiger partial charge in [-0.3, -0.25) is 4.98 Å². The summed E-state index contributed by atoms with van der Waals surface area (Å²) in [7, 11) is 0. The molecule has 0 bridgehead atoms. The Kier molecular flexibility index (Phi) is 4.95. The molecule has 1 saturated heterocycles. The molecule has 0 aromatic carbocycles. The van der Waals surface area contributed by atoms with Gasteiger partial charge < -0.3 is 16.4 Å². The Bertz CT molecular complexity index is 436. The Morgan fingerprint density at radius 2 is 2.25 bits per heavy atom. The molecule has 0 spiro atoms. The van der Waals surface area contributed by atoms with Crippen LogP contribution in [0.5, 0.6) is 0 Å². The third-order valence-corrected chi connectivity index (χ3v) is 3.45. The lowest BCUT2D eigenvalue weighted by Gasteiger charge is -2.31. The van der Waals surface area contributed by atoms with Crippen molar-refractivity contribution in [1.29, 1.82) is 0 Å². The zero-order valence-electron chi connectivity index (χ0n) is 11.1. The Morgan fingerprint density at radius 3 is 2.95 bits per heavy atom. The number of rotatable bonds is 4. The molecule has 4 N–H and O–H groups in total. The molecule has 1 aromatic heterocycles. The van der Waals surface area contributed by atoms with E-state index in [-0.39, 0.29) is 12.1 Å². The first-order valence-corrected chi connectivity index (χ1v) is 6.70. The summed E-state index contributed by atoms with van der Waals surface area (Å²) in [5.74, 6) is 0. The van der Waals surface area contributed by atoms with E-state index in [0.29, 0.717) is 25.2 Å². The van der Waals surface area contributed by atoms with E-state index in [1.54, 1.807) is 0 Å². The lowest BCUT2D eigenvalue weighted by Crippen LogP contribution is -2.43. The average molecular weight is 288 g/mol. The first-order valence-electron chi connectivity index (χ1n) is 6.70. The van der Waals surface area contributed by atoms with Crippen LogP contribution in [0.15, 0.2) is 18.3 Å². The number of hydrogen-bond acceptors (Lipinski definition) is 4. The van der Waals surface area contributed by atoms with Crippen molar-refractivity contribution in [3.63, 3.8) is 0 Å². The SMILES string of the molecule is NCCNC1CCNC(c2cc(C(F)(F)F)ccn2)C1. The second-order valence-corrected chi connectivity index (χ2v) is 4.94. The van der Waals surface area contributed by atoms with E-state index in [2.05, 4.69) is 15.6 Å². The number of alkyl halides is 3. The molecule has 2 rings (SSSR count). The Morgan fingerprint density at radius 1 is 1.45 bits per heavy atom. The van der Waals surface area contributed by atoms with Crippen molar-refractivity contribution in [3.8, 4) is 0 Å². The fourth-order valence-corrected chi connectivity index (χ4v) is 2.43. The largest absolute Gasteiger partial charge is 0.416 e. The third-order valence-electron chi connectivity index (χ3n) is 3.45. The minimum atomic E-state index is -4.33. The normalized spacial score (nSPS) is 23.8. The Labute approximate surface area is 116 Å². The molecule has 1 fully saturated rings. The molecule has 7 heteroatoms. The van der Waals surface area contributed by atoms with Gasteiger partial charge in [-0.1, -0.05) is 0 Å². The summed E-state index contributed by atoms with van der Waals surface area (Å²) >= 11 is 0. The van der Waals surface area contributed by atoms with Crippen LogP contribution in [0, 0.1) is 0 Å². The van der Waals surface area contributed by atoms with E-state index >= 15 is 0 Å². The van der Waals surface area contributed by atoms with Gasteiger partial charge in [0.1, 0.15) is 0 Å². The van der Waals surface area contributed by atoms with Crippen molar-refractivity contribution in [2.24, 2.45) is 5.73 Å². The van der Waals surface area contributed by atoms with Crippen LogP contribution in [-0.4, -0.2) is 30.7 Å². The molecule has 1 aliphatic heterocycles. The summed E-state index contributed by atoms with van der Waals surface area (Å²) in [6.45, 7) is 2.02. The first kappa shape index (κ1) is 15.2. The van der Waals surface area contributed by atoms with Crippen LogP contribution in [0.4, 0.5) is 13.2 Å². The molecule has 20 heavy (non-hydrogen) atoms. The molecule has 112 valence electrons. The molecule has 0 saturated carbocycles. The minimum absolute atomic E-state index is 0.152. The van der Waals surface area contributed by atoms with E-state index in [1.807, 2.05) is 0 Å². The lowest BCUT2D eigenvalue weighted by molar-refractivity contribution is -0.137. The van der Waals surface area contributed by atoms with Crippen LogP contribution in [0.25, 0.3) is 0 Å². The summed E-state index contributed by atoms with van der Waals surface area (Å²) in [4.78, 5) is 4.08. The number of nitrogens with zero attached hydrogens (tertiary/aromatic N) is 1. The Hall–Kier alpha value is -1.18. The van der Waals surface area contributed by atoms with Gasteiger partial charge in [0, 0.05) is 25.3 Å². The van der Waals surface area contributed by atoms with Crippen molar-refractivity contribution in [2.45, 2.75) is 31.1 Å². The topological polar surface area (TPSA) is 63.0 Å². The molecule has 2 atom stereocenters. The molecule has 1 aliphatic rings. The van der Waals surface area contributed by atoms with E-state index < -0.39 is 11.7 Å². The second kappa shape index (κ2) is 6.51. The standard InChI is InChI=1S/C13H19F3N4/c14-13(15,16)9-1-4-19-11(7-9)12-8-10(2-5-20-12)18-6-3-17/h1,4,7,10,12,18,20H,2-3,5-6,8,17H2. The molecular weight excluding hydrogens is 269 g/mol. The van der Waals surface area contributed by atoms with E-state index in [9.17, 15) is 13.2 Å². The first-order chi connectivity index (χ1) is 9.50. The molecular formula is C13H19F3N4. The fraction of sp³-hybridized carbons (Fsp3) is 0.615. The van der Waals surface area contributed by atoms with Crippen molar-refractivity contribution in [1.82, 2.24) is 15.6 Å². The summed E-state index contributed by atoms with van der Waals surface area (Å²) in [5, 5.41) is 6.52. The number of hydrogen-bond donors (Lipinski definition) is 3. The highest BCUT2D eigenvalue weighted by molar-refractivity contribution is 5.22. The molecule has 2 heterocycles. The molecule has 0 aliphatic carbocycles. The van der Waals surface area contributed by atoms with Gasteiger partial charge in [-0.2, -0.15) is 13.2 Å². The summed E-state index contributed by atoms with van der Waals surface area (Å²) in [5.41, 5.74) is 5.24. The fourth-order valence-electron chi connectivity index (χ4n) is 2.43. The van der Waals surface area contributed by atoms with Gasteiger partial charge in [0.15, 0.2) is 0 Å².